The van der Waals surface area contributed by atoms with Crippen molar-refractivity contribution in [1.82, 2.24) is 9.55 Å². The zero-order valence-corrected chi connectivity index (χ0v) is 27.6. The van der Waals surface area contributed by atoms with Crippen LogP contribution in [0.25, 0.3) is 71.9 Å². The number of oxazole rings is 1. The lowest BCUT2D eigenvalue weighted by atomic mass is 10.0. The molecule has 10 rings (SSSR count). The molecule has 0 aliphatic rings. The molecule has 0 N–H and O–H groups in total. The van der Waals surface area contributed by atoms with E-state index in [1.54, 1.807) is 0 Å². The molecule has 0 aliphatic carbocycles. The number of para-hydroxylation sites is 2. The van der Waals surface area contributed by atoms with E-state index in [0.717, 1.165) is 50.5 Å². The van der Waals surface area contributed by atoms with E-state index in [-0.39, 0.29) is 0 Å². The van der Waals surface area contributed by atoms with Crippen LogP contribution < -0.4 is 4.90 Å². The Bertz CT molecular complexity index is 2840. The molecule has 240 valence electrons. The highest BCUT2D eigenvalue weighted by Gasteiger charge is 2.22. The zero-order valence-electron chi connectivity index (χ0n) is 27.6. The fraction of sp³-hybridized carbons (Fsp3) is 0. The summed E-state index contributed by atoms with van der Waals surface area (Å²) in [5.41, 5.74) is 11.3. The highest BCUT2D eigenvalue weighted by Crippen LogP contribution is 2.44. The van der Waals surface area contributed by atoms with E-state index in [9.17, 15) is 0 Å². The molecule has 0 saturated heterocycles. The van der Waals surface area contributed by atoms with Gasteiger partial charge in [-0.25, -0.2) is 4.98 Å². The van der Waals surface area contributed by atoms with Crippen molar-refractivity contribution in [2.45, 2.75) is 0 Å². The van der Waals surface area contributed by atoms with Gasteiger partial charge < -0.3 is 13.9 Å². The van der Waals surface area contributed by atoms with Crippen LogP contribution in [-0.4, -0.2) is 9.55 Å². The van der Waals surface area contributed by atoms with E-state index in [2.05, 4.69) is 161 Å². The van der Waals surface area contributed by atoms with Crippen molar-refractivity contribution in [1.29, 1.82) is 0 Å². The maximum atomic E-state index is 6.38. The molecule has 4 heteroatoms. The molecule has 0 bridgehead atoms. The Morgan fingerprint density at radius 3 is 1.92 bits per heavy atom. The van der Waals surface area contributed by atoms with Crippen LogP contribution >= 0.6 is 0 Å². The largest absolute Gasteiger partial charge is 0.436 e. The number of rotatable bonds is 6. The van der Waals surface area contributed by atoms with Gasteiger partial charge in [-0.1, -0.05) is 121 Å². The summed E-state index contributed by atoms with van der Waals surface area (Å²) < 4.78 is 8.77. The maximum Gasteiger partial charge on any atom is 0.227 e. The topological polar surface area (TPSA) is 34.2 Å². The van der Waals surface area contributed by atoms with Gasteiger partial charge in [0.05, 0.1) is 16.7 Å². The molecular weight excluding hydrogens is 623 g/mol. The van der Waals surface area contributed by atoms with Crippen LogP contribution in [0.4, 0.5) is 17.1 Å². The third-order valence-electron chi connectivity index (χ3n) is 9.80. The summed E-state index contributed by atoms with van der Waals surface area (Å²) in [5.74, 6) is 0.601. The number of fused-ring (bicyclic) bond motifs is 6. The van der Waals surface area contributed by atoms with Crippen LogP contribution in [0.2, 0.25) is 0 Å². The Balaban J connectivity index is 1.23. The van der Waals surface area contributed by atoms with E-state index in [0.29, 0.717) is 5.89 Å². The number of hydrogen-bond acceptors (Lipinski definition) is 3. The standard InChI is InChI=1S/C47H31N3O/c1-4-13-32(14-5-1)33-23-26-37(27-24-33)49(42-21-12-22-44-46(42)48-47(51-44)35-16-6-2-7-17-35)38-28-29-40-43(31-38)50(36-18-8-3-9-19-36)41-30-25-34-15-10-11-20-39(34)45(40)41/h1-31H. The van der Waals surface area contributed by atoms with Crippen molar-refractivity contribution in [2.24, 2.45) is 0 Å². The van der Waals surface area contributed by atoms with E-state index >= 15 is 0 Å². The molecule has 8 aromatic carbocycles. The van der Waals surface area contributed by atoms with Gasteiger partial charge in [0.1, 0.15) is 5.52 Å². The van der Waals surface area contributed by atoms with Crippen LogP contribution in [-0.2, 0) is 0 Å². The van der Waals surface area contributed by atoms with Crippen molar-refractivity contribution in [3.8, 4) is 28.3 Å². The summed E-state index contributed by atoms with van der Waals surface area (Å²) in [4.78, 5) is 7.41. The predicted molar refractivity (Wildman–Crippen MR) is 211 cm³/mol. The zero-order chi connectivity index (χ0) is 33.7. The van der Waals surface area contributed by atoms with E-state index < -0.39 is 0 Å². The molecule has 0 fully saturated rings. The van der Waals surface area contributed by atoms with E-state index in [4.69, 9.17) is 9.40 Å². The Morgan fingerprint density at radius 1 is 0.471 bits per heavy atom. The minimum Gasteiger partial charge on any atom is -0.436 e. The fourth-order valence-electron chi connectivity index (χ4n) is 7.45. The van der Waals surface area contributed by atoms with Crippen molar-refractivity contribution >= 4 is 60.7 Å². The molecule has 2 heterocycles. The van der Waals surface area contributed by atoms with Gasteiger partial charge in [0.2, 0.25) is 5.89 Å². The molecule has 10 aromatic rings. The van der Waals surface area contributed by atoms with Crippen LogP contribution in [0.3, 0.4) is 0 Å². The second-order valence-corrected chi connectivity index (χ2v) is 12.8. The summed E-state index contributed by atoms with van der Waals surface area (Å²) >= 11 is 0. The summed E-state index contributed by atoms with van der Waals surface area (Å²) in [5, 5.41) is 4.94. The molecule has 0 unspecified atom stereocenters. The molecule has 0 spiro atoms. The van der Waals surface area contributed by atoms with Gasteiger partial charge in [0, 0.05) is 33.4 Å². The van der Waals surface area contributed by atoms with Gasteiger partial charge in [0.15, 0.2) is 5.58 Å². The number of benzene rings is 8. The summed E-state index contributed by atoms with van der Waals surface area (Å²) in [6.07, 6.45) is 0. The van der Waals surface area contributed by atoms with Crippen molar-refractivity contribution in [3.63, 3.8) is 0 Å². The average molecular weight is 654 g/mol. The van der Waals surface area contributed by atoms with Crippen molar-refractivity contribution < 1.29 is 4.42 Å². The van der Waals surface area contributed by atoms with Crippen LogP contribution in [0, 0.1) is 0 Å². The third-order valence-corrected chi connectivity index (χ3v) is 9.80. The molecule has 0 saturated carbocycles. The first-order valence-electron chi connectivity index (χ1n) is 17.2. The Morgan fingerprint density at radius 2 is 1.14 bits per heavy atom. The van der Waals surface area contributed by atoms with Gasteiger partial charge in [-0.15, -0.1) is 0 Å². The number of aromatic nitrogens is 2. The second kappa shape index (κ2) is 11.9. The van der Waals surface area contributed by atoms with Gasteiger partial charge in [-0.2, -0.15) is 0 Å². The minimum absolute atomic E-state index is 0.601. The Hall–Kier alpha value is -6.91. The fourth-order valence-corrected chi connectivity index (χ4v) is 7.45. The lowest BCUT2D eigenvalue weighted by molar-refractivity contribution is 0.620. The summed E-state index contributed by atoms with van der Waals surface area (Å²) in [7, 11) is 0. The van der Waals surface area contributed by atoms with E-state index in [1.165, 1.54) is 32.6 Å². The second-order valence-electron chi connectivity index (χ2n) is 12.8. The predicted octanol–water partition coefficient (Wildman–Crippen LogP) is 12.9. The summed E-state index contributed by atoms with van der Waals surface area (Å²) in [6.45, 7) is 0. The van der Waals surface area contributed by atoms with Crippen molar-refractivity contribution in [3.05, 3.63) is 188 Å². The molecule has 2 aromatic heterocycles. The number of nitrogens with zero attached hydrogens (tertiary/aromatic N) is 3. The molecular formula is C47H31N3O. The van der Waals surface area contributed by atoms with Gasteiger partial charge in [-0.05, 0) is 88.6 Å². The smallest absolute Gasteiger partial charge is 0.227 e. The molecule has 0 radical (unpaired) electrons. The lowest BCUT2D eigenvalue weighted by Crippen LogP contribution is -2.10. The molecule has 4 nitrogen and oxygen atoms in total. The average Bonchev–Trinajstić information content (AvgIpc) is 3.80. The lowest BCUT2D eigenvalue weighted by Gasteiger charge is -2.26. The normalized spacial score (nSPS) is 11.5. The first kappa shape index (κ1) is 29.0. The first-order chi connectivity index (χ1) is 25.3. The quantitative estimate of drug-likeness (QED) is 0.179. The SMILES string of the molecule is c1ccc(-c2ccc(N(c3ccc4c5c6ccccc6ccc5n(-c5ccccc5)c4c3)c3cccc4oc(-c5ccccc5)nc34)cc2)cc1. The molecule has 0 atom stereocenters. The molecule has 51 heavy (non-hydrogen) atoms. The maximum absolute atomic E-state index is 6.38. The monoisotopic (exact) mass is 653 g/mol. The third kappa shape index (κ3) is 4.88. The summed E-state index contributed by atoms with van der Waals surface area (Å²) in [6, 6.07) is 66.2. The highest BCUT2D eigenvalue weighted by molar-refractivity contribution is 6.21. The van der Waals surface area contributed by atoms with Crippen LogP contribution in [0.1, 0.15) is 0 Å². The Kier molecular flexibility index (Phi) is 6.78. The Labute approximate surface area is 295 Å². The first-order valence-corrected chi connectivity index (χ1v) is 17.2. The molecule has 0 aliphatic heterocycles. The van der Waals surface area contributed by atoms with Crippen LogP contribution in [0.5, 0.6) is 0 Å². The van der Waals surface area contributed by atoms with Gasteiger partial charge >= 0.3 is 0 Å². The van der Waals surface area contributed by atoms with Gasteiger partial charge in [-0.3, -0.25) is 0 Å². The highest BCUT2D eigenvalue weighted by atomic mass is 16.3. The number of hydrogen-bond donors (Lipinski definition) is 0. The van der Waals surface area contributed by atoms with Crippen LogP contribution in [0.15, 0.2) is 192 Å². The molecule has 0 amide bonds. The van der Waals surface area contributed by atoms with Crippen molar-refractivity contribution in [2.75, 3.05) is 4.90 Å². The van der Waals surface area contributed by atoms with Gasteiger partial charge in [0.25, 0.3) is 0 Å². The van der Waals surface area contributed by atoms with E-state index in [1.807, 2.05) is 36.4 Å². The number of anilines is 3. The minimum atomic E-state index is 0.601.